The van der Waals surface area contributed by atoms with Gasteiger partial charge in [-0.25, -0.2) is 14.0 Å². The van der Waals surface area contributed by atoms with Gasteiger partial charge in [0.1, 0.15) is 17.8 Å². The minimum Gasteiger partial charge on any atom is -0.444 e. The van der Waals surface area contributed by atoms with Gasteiger partial charge in [-0.15, -0.1) is 0 Å². The Bertz CT molecular complexity index is 1320. The van der Waals surface area contributed by atoms with E-state index in [0.717, 1.165) is 5.69 Å². The van der Waals surface area contributed by atoms with E-state index in [-0.39, 0.29) is 37.1 Å². The van der Waals surface area contributed by atoms with Gasteiger partial charge in [-0.3, -0.25) is 24.0 Å². The molecular weight excluding hydrogens is 497 g/mol. The number of hydrogen-bond donors (Lipinski definition) is 1. The van der Waals surface area contributed by atoms with Gasteiger partial charge < -0.3 is 19.3 Å². The van der Waals surface area contributed by atoms with E-state index in [9.17, 15) is 23.6 Å². The van der Waals surface area contributed by atoms with Gasteiger partial charge in [0.2, 0.25) is 11.8 Å². The van der Waals surface area contributed by atoms with E-state index in [0.29, 0.717) is 37.1 Å². The summed E-state index contributed by atoms with van der Waals surface area (Å²) in [5.74, 6) is -0.810. The number of imide groups is 1. The highest BCUT2D eigenvalue weighted by molar-refractivity contribution is 6.00. The smallest absolute Gasteiger partial charge is 0.410 e. The maximum absolute atomic E-state index is 14.9. The van der Waals surface area contributed by atoms with Crippen molar-refractivity contribution in [2.45, 2.75) is 70.1 Å². The van der Waals surface area contributed by atoms with Crippen LogP contribution in [0.4, 0.5) is 14.9 Å². The Labute approximate surface area is 219 Å². The molecule has 2 aromatic rings. The second-order valence-corrected chi connectivity index (χ2v) is 11.3. The zero-order chi connectivity index (χ0) is 27.4. The van der Waals surface area contributed by atoms with Crippen LogP contribution in [0.5, 0.6) is 0 Å². The molecule has 5 rings (SSSR count). The van der Waals surface area contributed by atoms with E-state index in [2.05, 4.69) is 10.2 Å². The summed E-state index contributed by atoms with van der Waals surface area (Å²) in [6.45, 7) is 6.68. The van der Waals surface area contributed by atoms with Crippen molar-refractivity contribution < 1.29 is 28.2 Å². The third-order valence-corrected chi connectivity index (χ3v) is 7.29. The summed E-state index contributed by atoms with van der Waals surface area (Å²) < 4.78 is 29.3. The molecule has 3 amide bonds. The van der Waals surface area contributed by atoms with Gasteiger partial charge in [0.05, 0.1) is 35.5 Å². The number of nitrogens with one attached hydrogen (secondary N) is 1. The summed E-state index contributed by atoms with van der Waals surface area (Å²) in [7, 11) is 1.66. The number of anilines is 1. The molecule has 11 nitrogen and oxygen atoms in total. The molecule has 3 aliphatic rings. The Morgan fingerprint density at radius 1 is 1.11 bits per heavy atom. The fourth-order valence-electron chi connectivity index (χ4n) is 5.40. The van der Waals surface area contributed by atoms with Crippen LogP contribution in [0.1, 0.15) is 46.1 Å². The molecule has 1 N–H and O–H groups in total. The monoisotopic (exact) mass is 531 g/mol. The molecule has 3 atom stereocenters. The third-order valence-electron chi connectivity index (χ3n) is 7.29. The van der Waals surface area contributed by atoms with Crippen LogP contribution in [-0.4, -0.2) is 82.1 Å². The molecule has 3 aliphatic heterocycles. The number of para-hydroxylation sites is 1. The molecule has 3 fully saturated rings. The molecule has 206 valence electrons. The van der Waals surface area contributed by atoms with Crippen molar-refractivity contribution in [1.29, 1.82) is 0 Å². The van der Waals surface area contributed by atoms with Crippen molar-refractivity contribution in [1.82, 2.24) is 19.4 Å². The highest BCUT2D eigenvalue weighted by Gasteiger charge is 2.39. The number of alkyl halides is 1. The number of hydrogen-bond acceptors (Lipinski definition) is 7. The minimum absolute atomic E-state index is 0.0642. The molecule has 1 aromatic heterocycles. The summed E-state index contributed by atoms with van der Waals surface area (Å²) in [6, 6.07) is 4.78. The number of fused-ring (bicyclic) bond motifs is 1. The second kappa shape index (κ2) is 9.72. The Kier molecular flexibility index (Phi) is 6.70. The van der Waals surface area contributed by atoms with Crippen LogP contribution in [-0.2, 0) is 26.1 Å². The normalized spacial score (nSPS) is 24.9. The number of aryl methyl sites for hydroxylation is 1. The Hall–Kier alpha value is -3.41. The molecular formula is C26H34FN5O6. The maximum atomic E-state index is 14.9. The van der Waals surface area contributed by atoms with Crippen molar-refractivity contribution in [3.63, 3.8) is 0 Å². The molecule has 3 saturated heterocycles. The lowest BCUT2D eigenvalue weighted by Crippen LogP contribution is -2.57. The van der Waals surface area contributed by atoms with Gasteiger partial charge >= 0.3 is 11.8 Å². The molecule has 1 aromatic carbocycles. The molecule has 0 radical (unpaired) electrons. The number of carbonyl (C=O) groups excluding carboxylic acids is 3. The first-order valence-corrected chi connectivity index (χ1v) is 13.0. The number of carbonyl (C=O) groups is 3. The van der Waals surface area contributed by atoms with E-state index < -0.39 is 35.9 Å². The number of rotatable bonds is 4. The summed E-state index contributed by atoms with van der Waals surface area (Å²) in [5, 5.41) is 2.32. The van der Waals surface area contributed by atoms with E-state index in [1.54, 1.807) is 33.9 Å². The largest absolute Gasteiger partial charge is 0.444 e. The summed E-state index contributed by atoms with van der Waals surface area (Å²) in [5.41, 5.74) is 1.17. The van der Waals surface area contributed by atoms with Crippen molar-refractivity contribution in [2.75, 3.05) is 31.1 Å². The fraction of sp³-hybridized carbons (Fsp3) is 0.615. The van der Waals surface area contributed by atoms with Crippen LogP contribution < -0.4 is 15.9 Å². The number of halogens is 1. The average molecular weight is 532 g/mol. The first-order chi connectivity index (χ1) is 17.9. The number of aromatic nitrogens is 2. The predicted octanol–water partition coefficient (Wildman–Crippen LogP) is 1.87. The Balaban J connectivity index is 1.25. The molecule has 0 spiro atoms. The lowest BCUT2D eigenvalue weighted by molar-refractivity contribution is -0.135. The molecule has 3 unspecified atom stereocenters. The van der Waals surface area contributed by atoms with Gasteiger partial charge in [0.25, 0.3) is 0 Å². The van der Waals surface area contributed by atoms with Gasteiger partial charge in [-0.05, 0) is 45.7 Å². The van der Waals surface area contributed by atoms with Crippen molar-refractivity contribution >= 4 is 34.6 Å². The zero-order valence-electron chi connectivity index (χ0n) is 22.1. The van der Waals surface area contributed by atoms with Crippen molar-refractivity contribution in [2.24, 2.45) is 7.05 Å². The van der Waals surface area contributed by atoms with E-state index in [4.69, 9.17) is 9.47 Å². The summed E-state index contributed by atoms with van der Waals surface area (Å²) in [4.78, 5) is 53.0. The molecule has 38 heavy (non-hydrogen) atoms. The lowest BCUT2D eigenvalue weighted by atomic mass is 10.0. The van der Waals surface area contributed by atoms with Crippen LogP contribution >= 0.6 is 0 Å². The summed E-state index contributed by atoms with van der Waals surface area (Å²) >= 11 is 0. The number of imidazole rings is 1. The van der Waals surface area contributed by atoms with Crippen LogP contribution in [0.15, 0.2) is 23.0 Å². The number of ether oxygens (including phenoxy) is 2. The standard InChI is InChI=1S/C26H34FN5O6/c1-26(2,3)38-25(36)30-11-10-20(16(27)14-30)37-15-12-31(13-15)17-6-5-7-18-22(17)29(4)24(35)32(18)19-8-9-21(33)28-23(19)34/h5-7,15-16,19-20H,8-14H2,1-4H3,(H,28,33,34). The lowest BCUT2D eigenvalue weighted by Gasteiger charge is -2.44. The van der Waals surface area contributed by atoms with E-state index in [1.165, 1.54) is 14.0 Å². The number of piperidine rings is 2. The number of amides is 3. The maximum Gasteiger partial charge on any atom is 0.410 e. The second-order valence-electron chi connectivity index (χ2n) is 11.3. The highest BCUT2D eigenvalue weighted by Crippen LogP contribution is 2.33. The topological polar surface area (TPSA) is 115 Å². The molecule has 12 heteroatoms. The highest BCUT2D eigenvalue weighted by atomic mass is 19.1. The van der Waals surface area contributed by atoms with E-state index >= 15 is 0 Å². The van der Waals surface area contributed by atoms with Crippen LogP contribution in [0.3, 0.4) is 0 Å². The first kappa shape index (κ1) is 26.2. The number of nitrogens with zero attached hydrogens (tertiary/aromatic N) is 4. The Morgan fingerprint density at radius 3 is 2.50 bits per heavy atom. The first-order valence-electron chi connectivity index (χ1n) is 13.0. The molecule has 0 aliphatic carbocycles. The van der Waals surface area contributed by atoms with Crippen LogP contribution in [0, 0.1) is 0 Å². The predicted molar refractivity (Wildman–Crippen MR) is 137 cm³/mol. The Morgan fingerprint density at radius 2 is 1.84 bits per heavy atom. The van der Waals surface area contributed by atoms with Gasteiger partial charge in [-0.1, -0.05) is 6.07 Å². The van der Waals surface area contributed by atoms with Crippen molar-refractivity contribution in [3.8, 4) is 0 Å². The minimum atomic E-state index is -1.31. The van der Waals surface area contributed by atoms with Gasteiger partial charge in [-0.2, -0.15) is 0 Å². The molecule has 0 saturated carbocycles. The van der Waals surface area contributed by atoms with E-state index in [1.807, 2.05) is 12.1 Å². The molecule has 0 bridgehead atoms. The molecule has 4 heterocycles. The van der Waals surface area contributed by atoms with Crippen LogP contribution in [0.2, 0.25) is 0 Å². The fourth-order valence-corrected chi connectivity index (χ4v) is 5.40. The summed E-state index contributed by atoms with van der Waals surface area (Å²) in [6.07, 6.45) is -1.78. The zero-order valence-corrected chi connectivity index (χ0v) is 22.1. The van der Waals surface area contributed by atoms with Crippen molar-refractivity contribution in [3.05, 3.63) is 28.7 Å². The van der Waals surface area contributed by atoms with Gasteiger partial charge in [0, 0.05) is 33.1 Å². The number of benzene rings is 1. The number of likely N-dealkylation sites (tertiary alicyclic amines) is 1. The van der Waals surface area contributed by atoms with Crippen LogP contribution in [0.25, 0.3) is 11.0 Å². The average Bonchev–Trinajstić information content (AvgIpc) is 3.06. The van der Waals surface area contributed by atoms with Gasteiger partial charge in [0.15, 0.2) is 0 Å². The quantitative estimate of drug-likeness (QED) is 0.599. The third kappa shape index (κ3) is 4.89. The SMILES string of the molecule is Cn1c(=O)n(C2CCC(=O)NC2=O)c2cccc(N3CC(OC4CCN(C(=O)OC(C)(C)C)CC4F)C3)c21.